The number of hydrogen-bond acceptors (Lipinski definition) is 2. The molecule has 0 fully saturated rings. The van der Waals surface area contributed by atoms with Gasteiger partial charge in [0.05, 0.1) is 0 Å². The Morgan fingerprint density at radius 3 is 2.56 bits per heavy atom. The van der Waals surface area contributed by atoms with Crippen LogP contribution in [-0.4, -0.2) is 6.54 Å². The van der Waals surface area contributed by atoms with Crippen LogP contribution in [0.1, 0.15) is 28.7 Å². The second-order valence-electron chi connectivity index (χ2n) is 7.63. The van der Waals surface area contributed by atoms with Crippen LogP contribution in [0.25, 0.3) is 11.1 Å². The normalized spacial score (nSPS) is 16.0. The first-order valence-corrected chi connectivity index (χ1v) is 9.82. The molecule has 0 heterocycles. The minimum absolute atomic E-state index is 0.596. The van der Waals surface area contributed by atoms with Gasteiger partial charge in [-0.25, -0.2) is 0 Å². The van der Waals surface area contributed by atoms with Crippen molar-refractivity contribution in [2.45, 2.75) is 32.8 Å². The number of benzene rings is 3. The molecule has 4 rings (SSSR count). The molecular formula is C25H27NO. The highest BCUT2D eigenvalue weighted by molar-refractivity contribution is 5.64. The largest absolute Gasteiger partial charge is 0.489 e. The lowest BCUT2D eigenvalue weighted by Crippen LogP contribution is -2.22. The first-order chi connectivity index (χ1) is 13.2. The first-order valence-electron chi connectivity index (χ1n) is 9.82. The number of nitrogens with two attached hydrogens (primary N) is 1. The Morgan fingerprint density at radius 2 is 1.78 bits per heavy atom. The third kappa shape index (κ3) is 4.23. The van der Waals surface area contributed by atoms with Gasteiger partial charge in [0, 0.05) is 0 Å². The summed E-state index contributed by atoms with van der Waals surface area (Å²) in [6.45, 7) is 3.51. The van der Waals surface area contributed by atoms with Crippen molar-refractivity contribution >= 4 is 0 Å². The minimum Gasteiger partial charge on any atom is -0.489 e. The predicted octanol–water partition coefficient (Wildman–Crippen LogP) is 5.30. The number of fused-ring (bicyclic) bond motifs is 1. The maximum Gasteiger partial charge on any atom is 0.120 e. The molecular weight excluding hydrogens is 330 g/mol. The molecule has 3 aromatic rings. The van der Waals surface area contributed by atoms with Gasteiger partial charge in [0.1, 0.15) is 12.4 Å². The van der Waals surface area contributed by atoms with Crippen molar-refractivity contribution < 1.29 is 4.74 Å². The Balaban J connectivity index is 1.40. The zero-order valence-corrected chi connectivity index (χ0v) is 15.9. The van der Waals surface area contributed by atoms with Gasteiger partial charge >= 0.3 is 0 Å². The zero-order chi connectivity index (χ0) is 18.6. The monoisotopic (exact) mass is 357 g/mol. The average molecular weight is 357 g/mol. The molecule has 138 valence electrons. The summed E-state index contributed by atoms with van der Waals surface area (Å²) in [7, 11) is 0. The fraction of sp³-hybridized carbons (Fsp3) is 0.280. The standard InChI is InChI=1S/C25H27NO/c1-18-3-2-4-22(13-18)21-8-5-19(6-9-21)17-27-25-12-11-23-14-20(16-26)7-10-24(23)15-25/h2-6,8-9,11-13,15,20H,7,10,14,16-17,26H2,1H3. The van der Waals surface area contributed by atoms with Gasteiger partial charge in [-0.1, -0.05) is 60.2 Å². The quantitative estimate of drug-likeness (QED) is 0.672. The minimum atomic E-state index is 0.596. The van der Waals surface area contributed by atoms with Crippen LogP contribution in [0.15, 0.2) is 66.7 Å². The fourth-order valence-electron chi connectivity index (χ4n) is 3.88. The number of hydrogen-bond donors (Lipinski definition) is 1. The second-order valence-corrected chi connectivity index (χ2v) is 7.63. The fourth-order valence-corrected chi connectivity index (χ4v) is 3.88. The van der Waals surface area contributed by atoms with Gasteiger partial charge in [-0.3, -0.25) is 0 Å². The van der Waals surface area contributed by atoms with Gasteiger partial charge in [0.15, 0.2) is 0 Å². The van der Waals surface area contributed by atoms with E-state index in [-0.39, 0.29) is 0 Å². The molecule has 1 aliphatic carbocycles. The summed E-state index contributed by atoms with van der Waals surface area (Å²) in [6.07, 6.45) is 3.40. The van der Waals surface area contributed by atoms with E-state index in [2.05, 4.69) is 73.7 Å². The van der Waals surface area contributed by atoms with Gasteiger partial charge < -0.3 is 10.5 Å². The lowest BCUT2D eigenvalue weighted by atomic mass is 9.84. The van der Waals surface area contributed by atoms with E-state index >= 15 is 0 Å². The smallest absolute Gasteiger partial charge is 0.120 e. The summed E-state index contributed by atoms with van der Waals surface area (Å²) in [5.41, 5.74) is 13.7. The van der Waals surface area contributed by atoms with Crippen LogP contribution in [0.4, 0.5) is 0 Å². The molecule has 0 aliphatic heterocycles. The Bertz CT molecular complexity index is 914. The van der Waals surface area contributed by atoms with E-state index in [1.165, 1.54) is 39.8 Å². The van der Waals surface area contributed by atoms with Crippen molar-refractivity contribution in [1.29, 1.82) is 0 Å². The molecule has 2 nitrogen and oxygen atoms in total. The Kier molecular flexibility index (Phi) is 5.26. The summed E-state index contributed by atoms with van der Waals surface area (Å²) in [5.74, 6) is 1.60. The van der Waals surface area contributed by atoms with E-state index in [0.717, 1.165) is 25.1 Å². The van der Waals surface area contributed by atoms with Crippen LogP contribution in [-0.2, 0) is 19.4 Å². The molecule has 2 N–H and O–H groups in total. The van der Waals surface area contributed by atoms with E-state index in [1.54, 1.807) is 0 Å². The molecule has 0 saturated heterocycles. The number of ether oxygens (including phenoxy) is 1. The molecule has 0 spiro atoms. The van der Waals surface area contributed by atoms with E-state index in [0.29, 0.717) is 12.5 Å². The molecule has 0 saturated carbocycles. The van der Waals surface area contributed by atoms with Gasteiger partial charge in [0.2, 0.25) is 0 Å². The molecule has 2 heteroatoms. The van der Waals surface area contributed by atoms with Gasteiger partial charge in [-0.2, -0.15) is 0 Å². The average Bonchev–Trinajstić information content (AvgIpc) is 2.72. The number of rotatable bonds is 5. The van der Waals surface area contributed by atoms with Crippen molar-refractivity contribution in [2.75, 3.05) is 6.54 Å². The van der Waals surface area contributed by atoms with Crippen LogP contribution in [0, 0.1) is 12.8 Å². The summed E-state index contributed by atoms with van der Waals surface area (Å²) >= 11 is 0. The second kappa shape index (κ2) is 7.98. The van der Waals surface area contributed by atoms with Crippen LogP contribution >= 0.6 is 0 Å². The molecule has 27 heavy (non-hydrogen) atoms. The van der Waals surface area contributed by atoms with E-state index in [9.17, 15) is 0 Å². The van der Waals surface area contributed by atoms with Crippen molar-refractivity contribution in [3.63, 3.8) is 0 Å². The third-order valence-corrected chi connectivity index (χ3v) is 5.55. The lowest BCUT2D eigenvalue weighted by Gasteiger charge is -2.23. The van der Waals surface area contributed by atoms with Crippen molar-refractivity contribution in [3.8, 4) is 16.9 Å². The van der Waals surface area contributed by atoms with Crippen LogP contribution in [0.2, 0.25) is 0 Å². The SMILES string of the molecule is Cc1cccc(-c2ccc(COc3ccc4c(c3)CCC(CN)C4)cc2)c1. The zero-order valence-electron chi connectivity index (χ0n) is 15.9. The van der Waals surface area contributed by atoms with Crippen molar-refractivity contribution in [3.05, 3.63) is 89.0 Å². The molecule has 0 amide bonds. The summed E-state index contributed by atoms with van der Waals surface area (Å²) in [6, 6.07) is 23.8. The lowest BCUT2D eigenvalue weighted by molar-refractivity contribution is 0.305. The first kappa shape index (κ1) is 17.8. The molecule has 3 aromatic carbocycles. The maximum absolute atomic E-state index is 6.05. The van der Waals surface area contributed by atoms with Crippen molar-refractivity contribution in [2.24, 2.45) is 11.7 Å². The Hall–Kier alpha value is -2.58. The molecule has 1 unspecified atom stereocenters. The summed E-state index contributed by atoms with van der Waals surface area (Å²) in [4.78, 5) is 0. The summed E-state index contributed by atoms with van der Waals surface area (Å²) in [5, 5.41) is 0. The topological polar surface area (TPSA) is 35.2 Å². The van der Waals surface area contributed by atoms with E-state index in [1.807, 2.05) is 0 Å². The van der Waals surface area contributed by atoms with Crippen molar-refractivity contribution in [1.82, 2.24) is 0 Å². The van der Waals surface area contributed by atoms with Crippen LogP contribution < -0.4 is 10.5 Å². The van der Waals surface area contributed by atoms with Crippen LogP contribution in [0.3, 0.4) is 0 Å². The van der Waals surface area contributed by atoms with Gasteiger partial charge in [-0.05, 0) is 78.6 Å². The molecule has 0 aromatic heterocycles. The molecule has 0 radical (unpaired) electrons. The highest BCUT2D eigenvalue weighted by Gasteiger charge is 2.17. The molecule has 0 bridgehead atoms. The van der Waals surface area contributed by atoms with Gasteiger partial charge in [-0.15, -0.1) is 0 Å². The third-order valence-electron chi connectivity index (χ3n) is 5.55. The maximum atomic E-state index is 6.05. The highest BCUT2D eigenvalue weighted by atomic mass is 16.5. The molecule has 1 aliphatic rings. The van der Waals surface area contributed by atoms with E-state index < -0.39 is 0 Å². The number of aryl methyl sites for hydroxylation is 2. The Morgan fingerprint density at radius 1 is 0.926 bits per heavy atom. The Labute approximate surface area is 162 Å². The van der Waals surface area contributed by atoms with E-state index in [4.69, 9.17) is 10.5 Å². The van der Waals surface area contributed by atoms with Gasteiger partial charge in [0.25, 0.3) is 0 Å². The predicted molar refractivity (Wildman–Crippen MR) is 112 cm³/mol. The van der Waals surface area contributed by atoms with Crippen LogP contribution in [0.5, 0.6) is 5.75 Å². The molecule has 1 atom stereocenters. The highest BCUT2D eigenvalue weighted by Crippen LogP contribution is 2.28. The summed E-state index contributed by atoms with van der Waals surface area (Å²) < 4.78 is 6.05.